The highest BCUT2D eigenvalue weighted by atomic mass is 16.5. The van der Waals surface area contributed by atoms with Crippen LogP contribution >= 0.6 is 0 Å². The monoisotopic (exact) mass is 490 g/mol. The SMILES string of the molecule is COc1c(C(=O)Nc2ccc3c(C)nn(CCC4CCN(C)CC4)c3c2)ccc2c1CCC(C)(C)O2. The van der Waals surface area contributed by atoms with Crippen LogP contribution < -0.4 is 14.8 Å². The quantitative estimate of drug-likeness (QED) is 0.498. The van der Waals surface area contributed by atoms with Crippen molar-refractivity contribution in [2.75, 3.05) is 32.6 Å². The molecule has 0 radical (unpaired) electrons. The van der Waals surface area contributed by atoms with Gasteiger partial charge >= 0.3 is 0 Å². The normalized spacial score (nSPS) is 18.0. The van der Waals surface area contributed by atoms with Crippen molar-refractivity contribution in [1.29, 1.82) is 0 Å². The predicted octanol–water partition coefficient (Wildman–Crippen LogP) is 5.44. The van der Waals surface area contributed by atoms with Crippen molar-refractivity contribution in [1.82, 2.24) is 14.7 Å². The molecule has 3 heterocycles. The molecule has 1 saturated heterocycles. The van der Waals surface area contributed by atoms with Crippen LogP contribution in [0.2, 0.25) is 0 Å². The van der Waals surface area contributed by atoms with Crippen LogP contribution in [0.3, 0.4) is 0 Å². The van der Waals surface area contributed by atoms with Crippen molar-refractivity contribution in [2.45, 2.75) is 65.0 Å². The minimum atomic E-state index is -0.217. The Bertz CT molecular complexity index is 1270. The number of nitrogens with one attached hydrogen (secondary N) is 1. The molecule has 0 saturated carbocycles. The first-order chi connectivity index (χ1) is 17.2. The van der Waals surface area contributed by atoms with E-state index < -0.39 is 0 Å². The maximum atomic E-state index is 13.3. The van der Waals surface area contributed by atoms with E-state index in [1.165, 1.54) is 25.9 Å². The van der Waals surface area contributed by atoms with Gasteiger partial charge in [-0.15, -0.1) is 0 Å². The first kappa shape index (κ1) is 24.6. The van der Waals surface area contributed by atoms with Crippen LogP contribution in [0, 0.1) is 12.8 Å². The van der Waals surface area contributed by atoms with E-state index in [4.69, 9.17) is 14.6 Å². The lowest BCUT2D eigenvalue weighted by atomic mass is 9.92. The van der Waals surface area contributed by atoms with Crippen LogP contribution in [-0.4, -0.2) is 53.4 Å². The van der Waals surface area contributed by atoms with Gasteiger partial charge in [0.15, 0.2) is 0 Å². The Kier molecular flexibility index (Phi) is 6.68. The molecule has 3 aromatic rings. The Balaban J connectivity index is 1.35. The molecule has 1 fully saturated rings. The van der Waals surface area contributed by atoms with Crippen LogP contribution in [-0.2, 0) is 13.0 Å². The highest BCUT2D eigenvalue weighted by molar-refractivity contribution is 6.07. The first-order valence-corrected chi connectivity index (χ1v) is 13.1. The number of fused-ring (bicyclic) bond motifs is 2. The summed E-state index contributed by atoms with van der Waals surface area (Å²) in [5, 5.41) is 9.03. The van der Waals surface area contributed by atoms with Gasteiger partial charge in [0, 0.05) is 23.2 Å². The van der Waals surface area contributed by atoms with Gasteiger partial charge in [-0.2, -0.15) is 5.10 Å². The van der Waals surface area contributed by atoms with E-state index in [1.807, 2.05) is 25.1 Å². The number of ether oxygens (including phenoxy) is 2. The molecule has 0 spiro atoms. The zero-order valence-corrected chi connectivity index (χ0v) is 22.2. The van der Waals surface area contributed by atoms with E-state index in [9.17, 15) is 4.79 Å². The van der Waals surface area contributed by atoms with Gasteiger partial charge in [0.25, 0.3) is 5.91 Å². The molecule has 7 heteroatoms. The van der Waals surface area contributed by atoms with E-state index >= 15 is 0 Å². The number of benzene rings is 2. The van der Waals surface area contributed by atoms with Crippen molar-refractivity contribution in [2.24, 2.45) is 5.92 Å². The summed E-state index contributed by atoms with van der Waals surface area (Å²) in [6.07, 6.45) is 5.32. The fourth-order valence-corrected chi connectivity index (χ4v) is 5.57. The smallest absolute Gasteiger partial charge is 0.259 e. The highest BCUT2D eigenvalue weighted by Crippen LogP contribution is 2.40. The predicted molar refractivity (Wildman–Crippen MR) is 143 cm³/mol. The molecular formula is C29H38N4O3. The Morgan fingerprint density at radius 3 is 2.75 bits per heavy atom. The maximum absolute atomic E-state index is 13.3. The van der Waals surface area contributed by atoms with Crippen LogP contribution in [0.4, 0.5) is 5.69 Å². The average molecular weight is 491 g/mol. The van der Waals surface area contributed by atoms with Gasteiger partial charge in [0.2, 0.25) is 0 Å². The van der Waals surface area contributed by atoms with Gasteiger partial charge in [-0.3, -0.25) is 9.48 Å². The number of likely N-dealkylation sites (tertiary alicyclic amines) is 1. The Labute approximate surface area is 213 Å². The first-order valence-electron chi connectivity index (χ1n) is 13.1. The lowest BCUT2D eigenvalue weighted by Gasteiger charge is -2.33. The van der Waals surface area contributed by atoms with Crippen LogP contribution in [0.25, 0.3) is 10.9 Å². The number of aryl methyl sites for hydroxylation is 2. The molecule has 0 bridgehead atoms. The van der Waals surface area contributed by atoms with Crippen molar-refractivity contribution in [3.05, 3.63) is 47.2 Å². The second kappa shape index (κ2) is 9.77. The molecule has 2 aliphatic heterocycles. The largest absolute Gasteiger partial charge is 0.495 e. The molecule has 0 atom stereocenters. The van der Waals surface area contributed by atoms with Crippen molar-refractivity contribution < 1.29 is 14.3 Å². The summed E-state index contributed by atoms with van der Waals surface area (Å²) < 4.78 is 13.9. The third kappa shape index (κ3) is 4.94. The van der Waals surface area contributed by atoms with Gasteiger partial charge in [0.05, 0.1) is 23.9 Å². The molecule has 2 aliphatic rings. The Hall–Kier alpha value is -3.06. The number of methoxy groups -OCH3 is 1. The fourth-order valence-electron chi connectivity index (χ4n) is 5.57. The molecule has 0 aliphatic carbocycles. The zero-order valence-electron chi connectivity index (χ0n) is 22.2. The second-order valence-electron chi connectivity index (χ2n) is 11.0. The van der Waals surface area contributed by atoms with Crippen LogP contribution in [0.5, 0.6) is 11.5 Å². The van der Waals surface area contributed by atoms with Crippen LogP contribution in [0.1, 0.15) is 61.1 Å². The van der Waals surface area contributed by atoms with Gasteiger partial charge < -0.3 is 19.7 Å². The van der Waals surface area contributed by atoms with Crippen molar-refractivity contribution in [3.8, 4) is 11.5 Å². The van der Waals surface area contributed by atoms with Crippen LogP contribution in [0.15, 0.2) is 30.3 Å². The number of piperidine rings is 1. The third-order valence-corrected chi connectivity index (χ3v) is 7.81. The maximum Gasteiger partial charge on any atom is 0.259 e. The lowest BCUT2D eigenvalue weighted by molar-refractivity contribution is 0.0835. The number of rotatable bonds is 6. The molecule has 1 amide bonds. The van der Waals surface area contributed by atoms with Crippen molar-refractivity contribution >= 4 is 22.5 Å². The van der Waals surface area contributed by atoms with Gasteiger partial charge in [-0.25, -0.2) is 0 Å². The fraction of sp³-hybridized carbons (Fsp3) is 0.517. The van der Waals surface area contributed by atoms with E-state index in [2.05, 4.69) is 41.9 Å². The minimum Gasteiger partial charge on any atom is -0.495 e. The molecule has 192 valence electrons. The molecule has 0 unspecified atom stereocenters. The topological polar surface area (TPSA) is 68.6 Å². The highest BCUT2D eigenvalue weighted by Gasteiger charge is 2.30. The standard InChI is InChI=1S/C29H38N4O3/c1-19-22-7-6-21(18-25(22)33(31-19)17-13-20-11-15-32(4)16-12-20)30-28(34)24-8-9-26-23(27(24)35-5)10-14-29(2,3)36-26/h6-9,18,20H,10-17H2,1-5H3,(H,30,34). The molecule has 2 aromatic carbocycles. The van der Waals surface area contributed by atoms with Gasteiger partial charge in [-0.05, 0) is 109 Å². The Morgan fingerprint density at radius 1 is 1.22 bits per heavy atom. The lowest BCUT2D eigenvalue weighted by Crippen LogP contribution is -2.33. The van der Waals surface area contributed by atoms with E-state index in [1.54, 1.807) is 13.2 Å². The summed E-state index contributed by atoms with van der Waals surface area (Å²) in [6, 6.07) is 9.73. The molecule has 36 heavy (non-hydrogen) atoms. The summed E-state index contributed by atoms with van der Waals surface area (Å²) in [7, 11) is 3.81. The van der Waals surface area contributed by atoms with E-state index in [0.717, 1.165) is 65.3 Å². The number of carbonyl (C=O) groups is 1. The number of anilines is 1. The summed E-state index contributed by atoms with van der Waals surface area (Å²) in [6.45, 7) is 9.46. The van der Waals surface area contributed by atoms with Gasteiger partial charge in [-0.1, -0.05) is 0 Å². The number of carbonyl (C=O) groups excluding carboxylic acids is 1. The second-order valence-corrected chi connectivity index (χ2v) is 11.0. The number of aromatic nitrogens is 2. The summed E-state index contributed by atoms with van der Waals surface area (Å²) in [5.41, 5.74) is 4.10. The summed E-state index contributed by atoms with van der Waals surface area (Å²) in [5.74, 6) is 1.95. The number of nitrogens with zero attached hydrogens (tertiary/aromatic N) is 3. The third-order valence-electron chi connectivity index (χ3n) is 7.81. The molecule has 1 aromatic heterocycles. The Morgan fingerprint density at radius 2 is 2.00 bits per heavy atom. The van der Waals surface area contributed by atoms with Gasteiger partial charge in [0.1, 0.15) is 17.1 Å². The average Bonchev–Trinajstić information content (AvgIpc) is 3.16. The number of hydrogen-bond acceptors (Lipinski definition) is 5. The van der Waals surface area contributed by atoms with E-state index in [-0.39, 0.29) is 11.5 Å². The number of hydrogen-bond donors (Lipinski definition) is 1. The zero-order chi connectivity index (χ0) is 25.4. The number of amides is 1. The molecular weight excluding hydrogens is 452 g/mol. The van der Waals surface area contributed by atoms with Crippen molar-refractivity contribution in [3.63, 3.8) is 0 Å². The minimum absolute atomic E-state index is 0.187. The summed E-state index contributed by atoms with van der Waals surface area (Å²) in [4.78, 5) is 15.7. The molecule has 7 nitrogen and oxygen atoms in total. The summed E-state index contributed by atoms with van der Waals surface area (Å²) >= 11 is 0. The molecule has 5 rings (SSSR count). The molecule has 1 N–H and O–H groups in total. The van der Waals surface area contributed by atoms with E-state index in [0.29, 0.717) is 11.3 Å².